The topological polar surface area (TPSA) is 58.4 Å². The van der Waals surface area contributed by atoms with Gasteiger partial charge >= 0.3 is 0 Å². The molecule has 5 rings (SSSR count). The average molecular weight is 427 g/mol. The van der Waals surface area contributed by atoms with E-state index in [1.54, 1.807) is 6.07 Å². The van der Waals surface area contributed by atoms with Crippen LogP contribution in [0.25, 0.3) is 0 Å². The lowest BCUT2D eigenvalue weighted by Gasteiger charge is -2.44. The zero-order valence-electron chi connectivity index (χ0n) is 18.9. The number of carbonyl (C=O) groups excluding carboxylic acids is 1. The minimum Gasteiger partial charge on any atom is -0.342 e. The van der Waals surface area contributed by atoms with Crippen LogP contribution in [-0.2, 0) is 17.8 Å². The molecule has 2 unspecified atom stereocenters. The van der Waals surface area contributed by atoms with Crippen molar-refractivity contribution in [1.82, 2.24) is 19.4 Å². The van der Waals surface area contributed by atoms with Gasteiger partial charge in [0.15, 0.2) is 0 Å². The number of hydrogen-bond donors (Lipinski definition) is 0. The zero-order valence-corrected chi connectivity index (χ0v) is 18.9. The molecule has 1 aromatic heterocycles. The maximum absolute atomic E-state index is 13.1. The molecule has 0 bridgehead atoms. The van der Waals surface area contributed by atoms with Gasteiger partial charge in [0.05, 0.1) is 12.2 Å². The van der Waals surface area contributed by atoms with Crippen molar-refractivity contribution in [2.45, 2.75) is 95.6 Å². The molecule has 4 aliphatic rings. The number of likely N-dealkylation sites (tertiary alicyclic amines) is 2. The van der Waals surface area contributed by atoms with Crippen molar-refractivity contribution in [3.8, 4) is 0 Å². The molecule has 3 aliphatic heterocycles. The molecule has 6 heteroatoms. The Bertz CT molecular complexity index is 840. The summed E-state index contributed by atoms with van der Waals surface area (Å²) in [7, 11) is 0. The third-order valence-electron chi connectivity index (χ3n) is 8.35. The standard InChI is InChI=1S/C25H38N4O2/c30-24-17-21(26-23-10-2-1-5-14-29(23)24)19-11-15-27(16-12-19)25(31)18-28-13-6-8-20-7-3-4-9-22(20)28/h17,19-20,22H,1-16,18H2. The Morgan fingerprint density at radius 1 is 0.903 bits per heavy atom. The van der Waals surface area contributed by atoms with E-state index in [4.69, 9.17) is 4.98 Å². The molecule has 0 N–H and O–H groups in total. The molecule has 1 amide bonds. The van der Waals surface area contributed by atoms with E-state index >= 15 is 0 Å². The molecular weight excluding hydrogens is 388 g/mol. The van der Waals surface area contributed by atoms with Crippen molar-refractivity contribution in [1.29, 1.82) is 0 Å². The quantitative estimate of drug-likeness (QED) is 0.744. The van der Waals surface area contributed by atoms with Crippen LogP contribution in [0, 0.1) is 5.92 Å². The molecule has 2 atom stereocenters. The number of amides is 1. The number of rotatable bonds is 3. The van der Waals surface area contributed by atoms with Gasteiger partial charge in [-0.25, -0.2) is 4.98 Å². The molecule has 0 spiro atoms. The number of fused-ring (bicyclic) bond motifs is 2. The van der Waals surface area contributed by atoms with Crippen LogP contribution in [0.1, 0.15) is 88.1 Å². The van der Waals surface area contributed by atoms with E-state index in [2.05, 4.69) is 9.80 Å². The molecule has 6 nitrogen and oxygen atoms in total. The Labute approximate surface area is 186 Å². The normalized spacial score (nSPS) is 27.9. The number of carbonyl (C=O) groups is 1. The van der Waals surface area contributed by atoms with Crippen LogP contribution in [0.2, 0.25) is 0 Å². The second-order valence-electron chi connectivity index (χ2n) is 10.3. The minimum absolute atomic E-state index is 0.118. The predicted octanol–water partition coefficient (Wildman–Crippen LogP) is 3.33. The summed E-state index contributed by atoms with van der Waals surface area (Å²) >= 11 is 0. The summed E-state index contributed by atoms with van der Waals surface area (Å²) in [6.45, 7) is 4.10. The van der Waals surface area contributed by atoms with Crippen molar-refractivity contribution in [2.75, 3.05) is 26.2 Å². The second-order valence-corrected chi connectivity index (χ2v) is 10.3. The van der Waals surface area contributed by atoms with Crippen molar-refractivity contribution < 1.29 is 4.79 Å². The smallest absolute Gasteiger partial charge is 0.253 e. The summed E-state index contributed by atoms with van der Waals surface area (Å²) in [5.74, 6) is 2.41. The van der Waals surface area contributed by atoms with Gasteiger partial charge in [0.1, 0.15) is 5.82 Å². The van der Waals surface area contributed by atoms with E-state index in [-0.39, 0.29) is 5.56 Å². The summed E-state index contributed by atoms with van der Waals surface area (Å²) in [6.07, 6.45) is 14.1. The molecule has 1 aliphatic carbocycles. The van der Waals surface area contributed by atoms with E-state index in [0.29, 0.717) is 24.4 Å². The Hall–Kier alpha value is -1.69. The van der Waals surface area contributed by atoms with Crippen molar-refractivity contribution in [2.24, 2.45) is 5.92 Å². The summed E-state index contributed by atoms with van der Waals surface area (Å²) in [4.78, 5) is 35.2. The number of nitrogens with zero attached hydrogens (tertiary/aromatic N) is 4. The molecule has 0 radical (unpaired) electrons. The van der Waals surface area contributed by atoms with Crippen LogP contribution in [-0.4, -0.2) is 57.5 Å². The van der Waals surface area contributed by atoms with Crippen LogP contribution < -0.4 is 5.56 Å². The van der Waals surface area contributed by atoms with Crippen LogP contribution in [0.4, 0.5) is 0 Å². The Balaban J connectivity index is 1.19. The second kappa shape index (κ2) is 9.43. The van der Waals surface area contributed by atoms with Crippen LogP contribution in [0.5, 0.6) is 0 Å². The lowest BCUT2D eigenvalue weighted by atomic mass is 9.78. The molecule has 0 aromatic carbocycles. The maximum Gasteiger partial charge on any atom is 0.253 e. The fourth-order valence-electron chi connectivity index (χ4n) is 6.56. The van der Waals surface area contributed by atoms with Crippen molar-refractivity contribution in [3.05, 3.63) is 27.9 Å². The van der Waals surface area contributed by atoms with Crippen molar-refractivity contribution >= 4 is 5.91 Å². The first-order valence-electron chi connectivity index (χ1n) is 12.8. The number of piperidine rings is 2. The fourth-order valence-corrected chi connectivity index (χ4v) is 6.56. The highest BCUT2D eigenvalue weighted by Crippen LogP contribution is 2.35. The monoisotopic (exact) mass is 426 g/mol. The van der Waals surface area contributed by atoms with E-state index in [0.717, 1.165) is 75.7 Å². The SMILES string of the molecule is O=C(CN1CCCC2CCCCC21)N1CCC(c2cc(=O)n3c(n2)CCCCC3)CC1. The molecule has 31 heavy (non-hydrogen) atoms. The van der Waals surface area contributed by atoms with Gasteiger partial charge in [-0.1, -0.05) is 19.3 Å². The van der Waals surface area contributed by atoms with Gasteiger partial charge in [0.25, 0.3) is 5.56 Å². The van der Waals surface area contributed by atoms with E-state index in [1.807, 2.05) is 4.57 Å². The Morgan fingerprint density at radius 2 is 1.71 bits per heavy atom. The van der Waals surface area contributed by atoms with Gasteiger partial charge in [0.2, 0.25) is 5.91 Å². The maximum atomic E-state index is 13.1. The first kappa shape index (κ1) is 21.2. The molecule has 1 saturated carbocycles. The van der Waals surface area contributed by atoms with Gasteiger partial charge in [-0.05, 0) is 63.8 Å². The summed E-state index contributed by atoms with van der Waals surface area (Å²) in [5.41, 5.74) is 1.08. The lowest BCUT2D eigenvalue weighted by Crippen LogP contribution is -2.52. The van der Waals surface area contributed by atoms with Gasteiger partial charge < -0.3 is 4.90 Å². The molecule has 3 fully saturated rings. The molecule has 2 saturated heterocycles. The predicted molar refractivity (Wildman–Crippen MR) is 121 cm³/mol. The number of hydrogen-bond acceptors (Lipinski definition) is 4. The van der Waals surface area contributed by atoms with Crippen molar-refractivity contribution in [3.63, 3.8) is 0 Å². The molecule has 4 heterocycles. The van der Waals surface area contributed by atoms with Gasteiger partial charge in [-0.15, -0.1) is 0 Å². The van der Waals surface area contributed by atoms with E-state index in [9.17, 15) is 9.59 Å². The summed E-state index contributed by atoms with van der Waals surface area (Å²) < 4.78 is 1.88. The third kappa shape index (κ3) is 4.59. The van der Waals surface area contributed by atoms with Crippen LogP contribution in [0.15, 0.2) is 10.9 Å². The van der Waals surface area contributed by atoms with E-state index < -0.39 is 0 Å². The Kier molecular flexibility index (Phi) is 6.44. The average Bonchev–Trinajstić information content (AvgIpc) is 3.05. The minimum atomic E-state index is 0.118. The van der Waals surface area contributed by atoms with Crippen LogP contribution in [0.3, 0.4) is 0 Å². The number of aryl methyl sites for hydroxylation is 1. The molecular formula is C25H38N4O2. The first-order chi connectivity index (χ1) is 15.2. The molecule has 1 aromatic rings. The largest absolute Gasteiger partial charge is 0.342 e. The molecule has 170 valence electrons. The highest BCUT2D eigenvalue weighted by atomic mass is 16.2. The first-order valence-corrected chi connectivity index (χ1v) is 12.8. The summed E-state index contributed by atoms with van der Waals surface area (Å²) in [6, 6.07) is 2.41. The zero-order chi connectivity index (χ0) is 21.2. The third-order valence-corrected chi connectivity index (χ3v) is 8.35. The highest BCUT2D eigenvalue weighted by molar-refractivity contribution is 5.78. The summed E-state index contributed by atoms with van der Waals surface area (Å²) in [5, 5.41) is 0. The van der Waals surface area contributed by atoms with Crippen LogP contribution >= 0.6 is 0 Å². The Morgan fingerprint density at radius 3 is 2.58 bits per heavy atom. The number of aromatic nitrogens is 2. The van der Waals surface area contributed by atoms with Gasteiger partial charge in [0, 0.05) is 44.1 Å². The fraction of sp³-hybridized carbons (Fsp3) is 0.800. The van der Waals surface area contributed by atoms with Gasteiger partial charge in [-0.2, -0.15) is 0 Å². The lowest BCUT2D eigenvalue weighted by molar-refractivity contribution is -0.135. The highest BCUT2D eigenvalue weighted by Gasteiger charge is 2.35. The van der Waals surface area contributed by atoms with Gasteiger partial charge in [-0.3, -0.25) is 19.1 Å². The van der Waals surface area contributed by atoms with E-state index in [1.165, 1.54) is 44.9 Å².